The molecule has 21 heavy (non-hydrogen) atoms. The number of nitrogens with zero attached hydrogens (tertiary/aromatic N) is 1. The zero-order valence-electron chi connectivity index (χ0n) is 11.1. The number of rotatable bonds is 4. The van der Waals surface area contributed by atoms with Gasteiger partial charge in [0.05, 0.1) is 22.3 Å². The fraction of sp³-hybridized carbons (Fsp3) is 0.214. The van der Waals surface area contributed by atoms with Crippen molar-refractivity contribution < 1.29 is 0 Å². The van der Waals surface area contributed by atoms with Crippen LogP contribution in [0.5, 0.6) is 0 Å². The minimum Gasteiger partial charge on any atom is -0.380 e. The monoisotopic (exact) mass is 340 g/mol. The van der Waals surface area contributed by atoms with E-state index in [-0.39, 0.29) is 0 Å². The number of anilines is 2. The lowest BCUT2D eigenvalue weighted by molar-refractivity contribution is 0.959. The number of guanidine groups is 1. The Hall–Kier alpha value is -1.43. The summed E-state index contributed by atoms with van der Waals surface area (Å²) in [6, 6.07) is 7.84. The summed E-state index contributed by atoms with van der Waals surface area (Å²) in [5.41, 5.74) is 1.57. The molecule has 1 aliphatic rings. The van der Waals surface area contributed by atoms with Crippen LogP contribution in [-0.2, 0) is 6.54 Å². The number of thiophene rings is 1. The third-order valence-electron chi connectivity index (χ3n) is 3.01. The molecule has 3 rings (SSSR count). The average Bonchev–Trinajstić information content (AvgIpc) is 3.14. The minimum atomic E-state index is 0.563. The van der Waals surface area contributed by atoms with Crippen molar-refractivity contribution in [2.24, 2.45) is 4.99 Å². The van der Waals surface area contributed by atoms with Crippen LogP contribution in [0.3, 0.4) is 0 Å². The maximum Gasteiger partial charge on any atom is 0.196 e. The van der Waals surface area contributed by atoms with Crippen LogP contribution in [0.25, 0.3) is 0 Å². The largest absolute Gasteiger partial charge is 0.380 e. The molecule has 0 spiro atoms. The zero-order valence-corrected chi connectivity index (χ0v) is 13.4. The molecule has 2 heterocycles. The Bertz CT molecular complexity index is 632. The van der Waals surface area contributed by atoms with E-state index in [9.17, 15) is 0 Å². The molecule has 0 fully saturated rings. The summed E-state index contributed by atoms with van der Waals surface area (Å²) in [6.45, 7) is 2.35. The first-order valence-electron chi connectivity index (χ1n) is 6.53. The number of benzene rings is 1. The molecule has 1 aliphatic heterocycles. The molecule has 0 atom stereocenters. The van der Waals surface area contributed by atoms with Gasteiger partial charge < -0.3 is 16.0 Å². The first-order chi connectivity index (χ1) is 10.2. The highest BCUT2D eigenvalue weighted by Crippen LogP contribution is 2.34. The van der Waals surface area contributed by atoms with Crippen LogP contribution in [0.2, 0.25) is 10.0 Å². The Morgan fingerprint density at radius 1 is 1.29 bits per heavy atom. The molecule has 0 saturated carbocycles. The van der Waals surface area contributed by atoms with E-state index in [2.05, 4.69) is 32.4 Å². The van der Waals surface area contributed by atoms with Crippen LogP contribution >= 0.6 is 34.5 Å². The molecule has 2 aromatic rings. The summed E-state index contributed by atoms with van der Waals surface area (Å²) in [5.74, 6) is 0.707. The van der Waals surface area contributed by atoms with Crippen molar-refractivity contribution in [3.8, 4) is 0 Å². The number of hydrogen-bond acceptors (Lipinski definition) is 5. The smallest absolute Gasteiger partial charge is 0.196 e. The molecule has 3 N–H and O–H groups in total. The summed E-state index contributed by atoms with van der Waals surface area (Å²) >= 11 is 14.3. The van der Waals surface area contributed by atoms with Crippen molar-refractivity contribution in [2.75, 3.05) is 23.7 Å². The zero-order chi connectivity index (χ0) is 14.7. The number of hydrogen-bond donors (Lipinski definition) is 3. The van der Waals surface area contributed by atoms with Crippen molar-refractivity contribution in [1.82, 2.24) is 5.32 Å². The quantitative estimate of drug-likeness (QED) is 0.787. The van der Waals surface area contributed by atoms with Crippen LogP contribution in [0.1, 0.15) is 4.88 Å². The van der Waals surface area contributed by atoms with Gasteiger partial charge in [-0.15, -0.1) is 11.3 Å². The lowest BCUT2D eigenvalue weighted by Crippen LogP contribution is -2.26. The van der Waals surface area contributed by atoms with Gasteiger partial charge in [-0.25, -0.2) is 0 Å². The normalized spacial score (nSPS) is 13.7. The maximum atomic E-state index is 6.31. The molecule has 0 aliphatic carbocycles. The molecular formula is C14H14Cl2N4S. The number of aliphatic imine (C=N–C) groups is 1. The molecule has 7 heteroatoms. The predicted molar refractivity (Wildman–Crippen MR) is 92.0 cm³/mol. The van der Waals surface area contributed by atoms with Gasteiger partial charge in [0.2, 0.25) is 0 Å². The summed E-state index contributed by atoms with van der Waals surface area (Å²) in [5, 5.41) is 12.7. The van der Waals surface area contributed by atoms with Gasteiger partial charge >= 0.3 is 0 Å². The highest BCUT2D eigenvalue weighted by Gasteiger charge is 2.12. The lowest BCUT2D eigenvalue weighted by atomic mass is 10.2. The van der Waals surface area contributed by atoms with Crippen LogP contribution in [-0.4, -0.2) is 19.0 Å². The SMILES string of the molecule is Clc1cc(NCc2cccs2)cc(Cl)c1NC1=NCCN1. The summed E-state index contributed by atoms with van der Waals surface area (Å²) in [6.07, 6.45) is 0. The first-order valence-corrected chi connectivity index (χ1v) is 8.16. The van der Waals surface area contributed by atoms with E-state index in [0.29, 0.717) is 21.7 Å². The van der Waals surface area contributed by atoms with E-state index in [1.807, 2.05) is 18.2 Å². The van der Waals surface area contributed by atoms with Crippen LogP contribution in [0, 0.1) is 0 Å². The molecule has 1 aromatic carbocycles. The van der Waals surface area contributed by atoms with Crippen LogP contribution < -0.4 is 16.0 Å². The first kappa shape index (κ1) is 14.5. The predicted octanol–water partition coefficient (Wildman–Crippen LogP) is 4.04. The number of halogens is 2. The van der Waals surface area contributed by atoms with E-state index in [4.69, 9.17) is 23.2 Å². The van der Waals surface area contributed by atoms with Gasteiger partial charge in [0.25, 0.3) is 0 Å². The highest BCUT2D eigenvalue weighted by atomic mass is 35.5. The Labute approximate surface area is 137 Å². The third kappa shape index (κ3) is 3.61. The second-order valence-electron chi connectivity index (χ2n) is 4.53. The van der Waals surface area contributed by atoms with Crippen molar-refractivity contribution in [1.29, 1.82) is 0 Å². The second kappa shape index (κ2) is 6.56. The summed E-state index contributed by atoms with van der Waals surface area (Å²) in [7, 11) is 0. The fourth-order valence-corrected chi connectivity index (χ4v) is 3.22. The molecular weight excluding hydrogens is 327 g/mol. The number of nitrogens with one attached hydrogen (secondary N) is 3. The van der Waals surface area contributed by atoms with Gasteiger partial charge in [-0.2, -0.15) is 0 Å². The van der Waals surface area contributed by atoms with Gasteiger partial charge in [0.1, 0.15) is 0 Å². The van der Waals surface area contributed by atoms with Gasteiger partial charge in [-0.05, 0) is 23.6 Å². The van der Waals surface area contributed by atoms with E-state index >= 15 is 0 Å². The molecule has 110 valence electrons. The van der Waals surface area contributed by atoms with Gasteiger partial charge in [-0.1, -0.05) is 29.3 Å². The average molecular weight is 341 g/mol. The van der Waals surface area contributed by atoms with Crippen molar-refractivity contribution in [3.63, 3.8) is 0 Å². The lowest BCUT2D eigenvalue weighted by Gasteiger charge is -2.13. The fourth-order valence-electron chi connectivity index (χ4n) is 2.00. The maximum absolute atomic E-state index is 6.31. The van der Waals surface area contributed by atoms with Crippen LogP contribution in [0.4, 0.5) is 11.4 Å². The third-order valence-corrected chi connectivity index (χ3v) is 4.48. The second-order valence-corrected chi connectivity index (χ2v) is 6.38. The Kier molecular flexibility index (Phi) is 4.53. The van der Waals surface area contributed by atoms with Gasteiger partial charge in [-0.3, -0.25) is 4.99 Å². The summed E-state index contributed by atoms with van der Waals surface area (Å²) in [4.78, 5) is 5.53. The van der Waals surface area contributed by atoms with E-state index in [0.717, 1.165) is 25.3 Å². The molecule has 0 saturated heterocycles. The standard InChI is InChI=1S/C14H14Cl2N4S/c15-11-6-9(19-8-10-2-1-5-21-10)7-12(16)13(11)20-14-17-3-4-18-14/h1-2,5-7,19H,3-4,8H2,(H2,17,18,20). The van der Waals surface area contributed by atoms with E-state index in [1.54, 1.807) is 11.3 Å². The molecule has 0 unspecified atom stereocenters. The van der Waals surface area contributed by atoms with Crippen molar-refractivity contribution in [2.45, 2.75) is 6.54 Å². The summed E-state index contributed by atoms with van der Waals surface area (Å²) < 4.78 is 0. The Morgan fingerprint density at radius 3 is 2.71 bits per heavy atom. The van der Waals surface area contributed by atoms with Gasteiger partial charge in [0, 0.05) is 23.7 Å². The van der Waals surface area contributed by atoms with Crippen molar-refractivity contribution in [3.05, 3.63) is 44.6 Å². The van der Waals surface area contributed by atoms with Crippen molar-refractivity contribution >= 4 is 51.9 Å². The van der Waals surface area contributed by atoms with Crippen LogP contribution in [0.15, 0.2) is 34.6 Å². The van der Waals surface area contributed by atoms with Gasteiger partial charge in [0.15, 0.2) is 5.96 Å². The Balaban J connectivity index is 1.72. The molecule has 0 radical (unpaired) electrons. The highest BCUT2D eigenvalue weighted by molar-refractivity contribution is 7.09. The molecule has 0 bridgehead atoms. The topological polar surface area (TPSA) is 48.5 Å². The van der Waals surface area contributed by atoms with E-state index in [1.165, 1.54) is 4.88 Å². The molecule has 1 aromatic heterocycles. The Morgan fingerprint density at radius 2 is 2.10 bits per heavy atom. The van der Waals surface area contributed by atoms with E-state index < -0.39 is 0 Å². The molecule has 4 nitrogen and oxygen atoms in total. The molecule has 0 amide bonds. The minimum absolute atomic E-state index is 0.563.